The smallest absolute Gasteiger partial charge is 0.255 e. The van der Waals surface area contributed by atoms with Gasteiger partial charge in [-0.05, 0) is 36.4 Å². The second-order valence-corrected chi connectivity index (χ2v) is 7.55. The molecule has 1 atom stereocenters. The summed E-state index contributed by atoms with van der Waals surface area (Å²) in [5.74, 6) is 0.0211. The highest BCUT2D eigenvalue weighted by atomic mass is 32.1. The summed E-state index contributed by atoms with van der Waals surface area (Å²) in [6.45, 7) is 0.775. The zero-order chi connectivity index (χ0) is 17.9. The minimum Gasteiger partial charge on any atom is -0.332 e. The van der Waals surface area contributed by atoms with Gasteiger partial charge in [-0.2, -0.15) is 0 Å². The van der Waals surface area contributed by atoms with Crippen molar-refractivity contribution in [3.63, 3.8) is 0 Å². The molecule has 1 aliphatic rings. The Balaban J connectivity index is 1.61. The first-order valence-electron chi connectivity index (χ1n) is 8.90. The molecule has 1 saturated heterocycles. The van der Waals surface area contributed by atoms with Crippen molar-refractivity contribution in [2.24, 2.45) is 7.05 Å². The normalized spacial score (nSPS) is 18.5. The fourth-order valence-electron chi connectivity index (χ4n) is 3.39. The number of amides is 1. The number of pyridine rings is 1. The van der Waals surface area contributed by atoms with Gasteiger partial charge in [0.05, 0.1) is 11.6 Å². The maximum atomic E-state index is 13.2. The van der Waals surface area contributed by atoms with Crippen LogP contribution in [0.5, 0.6) is 0 Å². The molecule has 0 N–H and O–H groups in total. The van der Waals surface area contributed by atoms with Crippen LogP contribution in [0.3, 0.4) is 0 Å². The van der Waals surface area contributed by atoms with Crippen molar-refractivity contribution in [3.8, 4) is 0 Å². The van der Waals surface area contributed by atoms with Crippen LogP contribution in [0.2, 0.25) is 0 Å². The summed E-state index contributed by atoms with van der Waals surface area (Å²) in [5, 5.41) is 10.1. The zero-order valence-corrected chi connectivity index (χ0v) is 15.5. The van der Waals surface area contributed by atoms with Crippen LogP contribution >= 0.6 is 11.3 Å². The molecule has 0 saturated carbocycles. The van der Waals surface area contributed by atoms with E-state index in [2.05, 4.69) is 38.9 Å². The number of aromatic nitrogens is 4. The van der Waals surface area contributed by atoms with E-state index in [4.69, 9.17) is 0 Å². The Morgan fingerprint density at radius 3 is 3.12 bits per heavy atom. The van der Waals surface area contributed by atoms with E-state index in [1.807, 2.05) is 11.0 Å². The number of likely N-dealkylation sites (tertiary alicyclic amines) is 1. The first kappa shape index (κ1) is 16.9. The number of nitrogens with zero attached hydrogens (tertiary/aromatic N) is 5. The van der Waals surface area contributed by atoms with Crippen molar-refractivity contribution in [2.75, 3.05) is 6.54 Å². The lowest BCUT2D eigenvalue weighted by Crippen LogP contribution is -2.39. The molecular formula is C19H21N5OS. The number of aryl methyl sites for hydroxylation is 1. The number of rotatable bonds is 3. The molecule has 1 fully saturated rings. The number of carbonyl (C=O) groups excluding carboxylic acids is 1. The van der Waals surface area contributed by atoms with Gasteiger partial charge in [0.15, 0.2) is 5.65 Å². The molecule has 7 heteroatoms. The predicted octanol–water partition coefficient (Wildman–Crippen LogP) is 3.52. The van der Waals surface area contributed by atoms with E-state index in [1.54, 1.807) is 35.3 Å². The summed E-state index contributed by atoms with van der Waals surface area (Å²) in [6, 6.07) is 6.05. The van der Waals surface area contributed by atoms with Gasteiger partial charge < -0.3 is 4.90 Å². The topological polar surface area (TPSA) is 63.9 Å². The first-order valence-corrected chi connectivity index (χ1v) is 9.78. The third-order valence-corrected chi connectivity index (χ3v) is 5.61. The van der Waals surface area contributed by atoms with Gasteiger partial charge in [0.1, 0.15) is 5.52 Å². The van der Waals surface area contributed by atoms with Gasteiger partial charge in [0.2, 0.25) is 0 Å². The van der Waals surface area contributed by atoms with Crippen molar-refractivity contribution >= 4 is 34.5 Å². The highest BCUT2D eigenvalue weighted by Crippen LogP contribution is 2.22. The molecule has 0 bridgehead atoms. The fourth-order valence-corrected chi connectivity index (χ4v) is 4.02. The lowest BCUT2D eigenvalue weighted by atomic mass is 10.1. The number of carbonyl (C=O) groups is 1. The van der Waals surface area contributed by atoms with Crippen molar-refractivity contribution < 1.29 is 4.79 Å². The van der Waals surface area contributed by atoms with Gasteiger partial charge in [-0.25, -0.2) is 9.67 Å². The molecule has 0 aromatic carbocycles. The monoisotopic (exact) mass is 367 g/mol. The van der Waals surface area contributed by atoms with Crippen LogP contribution in [0.1, 0.15) is 40.9 Å². The van der Waals surface area contributed by atoms with E-state index in [1.165, 1.54) is 4.88 Å². The number of hydrogen-bond donors (Lipinski definition) is 0. The molecule has 1 amide bonds. The zero-order valence-electron chi connectivity index (χ0n) is 14.7. The van der Waals surface area contributed by atoms with Crippen molar-refractivity contribution in [3.05, 3.63) is 46.3 Å². The van der Waals surface area contributed by atoms with Gasteiger partial charge in [-0.15, -0.1) is 16.4 Å². The largest absolute Gasteiger partial charge is 0.332 e. The van der Waals surface area contributed by atoms with Crippen LogP contribution in [-0.4, -0.2) is 43.4 Å². The Morgan fingerprint density at radius 2 is 2.27 bits per heavy atom. The lowest BCUT2D eigenvalue weighted by molar-refractivity contribution is 0.0718. The minimum absolute atomic E-state index is 0.0211. The summed E-state index contributed by atoms with van der Waals surface area (Å²) in [6.07, 6.45) is 10.3. The van der Waals surface area contributed by atoms with E-state index in [0.717, 1.165) is 32.2 Å². The average Bonchev–Trinajstić information content (AvgIpc) is 3.24. The average molecular weight is 367 g/mol. The van der Waals surface area contributed by atoms with Crippen LogP contribution < -0.4 is 0 Å². The standard InChI is InChI=1S/C19H21N5OS/c1-23-18-17(21-22-23)12-14(13-20-18)19(25)24-10-4-2-3-6-15(24)8-9-16-7-5-11-26-16/h5,7-9,11-13,15H,2-4,6,10H2,1H3/b9-8+. The quantitative estimate of drug-likeness (QED) is 0.710. The van der Waals surface area contributed by atoms with Gasteiger partial charge in [0, 0.05) is 24.7 Å². The van der Waals surface area contributed by atoms with E-state index in [0.29, 0.717) is 16.7 Å². The SMILES string of the molecule is Cn1nnc2cc(C(=O)N3CCCCCC3/C=C/c3cccs3)cnc21. The molecule has 134 valence electrons. The van der Waals surface area contributed by atoms with Gasteiger partial charge in [-0.3, -0.25) is 4.79 Å². The minimum atomic E-state index is 0.0211. The second-order valence-electron chi connectivity index (χ2n) is 6.57. The molecule has 6 nitrogen and oxygen atoms in total. The van der Waals surface area contributed by atoms with Crippen molar-refractivity contribution in [1.29, 1.82) is 0 Å². The summed E-state index contributed by atoms with van der Waals surface area (Å²) in [4.78, 5) is 20.7. The lowest BCUT2D eigenvalue weighted by Gasteiger charge is -2.28. The summed E-state index contributed by atoms with van der Waals surface area (Å²) in [5.41, 5.74) is 1.92. The van der Waals surface area contributed by atoms with E-state index < -0.39 is 0 Å². The molecular weight excluding hydrogens is 346 g/mol. The highest BCUT2D eigenvalue weighted by molar-refractivity contribution is 7.10. The Bertz CT molecular complexity index is 931. The Labute approximate surface area is 156 Å². The van der Waals surface area contributed by atoms with E-state index in [-0.39, 0.29) is 11.9 Å². The van der Waals surface area contributed by atoms with E-state index in [9.17, 15) is 4.79 Å². The van der Waals surface area contributed by atoms with Crippen LogP contribution in [0, 0.1) is 0 Å². The van der Waals surface area contributed by atoms with Crippen LogP contribution in [0.15, 0.2) is 35.9 Å². The Morgan fingerprint density at radius 1 is 1.35 bits per heavy atom. The number of fused-ring (bicyclic) bond motifs is 1. The maximum Gasteiger partial charge on any atom is 0.255 e. The van der Waals surface area contributed by atoms with Crippen molar-refractivity contribution in [1.82, 2.24) is 24.9 Å². The van der Waals surface area contributed by atoms with Crippen molar-refractivity contribution in [2.45, 2.75) is 31.7 Å². The third-order valence-electron chi connectivity index (χ3n) is 4.77. The van der Waals surface area contributed by atoms with Crippen LogP contribution in [-0.2, 0) is 7.05 Å². The molecule has 0 aliphatic carbocycles. The molecule has 4 rings (SSSR count). The summed E-state index contributed by atoms with van der Waals surface area (Å²) < 4.78 is 1.61. The molecule has 3 aromatic heterocycles. The molecule has 0 radical (unpaired) electrons. The third kappa shape index (κ3) is 3.39. The fraction of sp³-hybridized carbons (Fsp3) is 0.368. The maximum absolute atomic E-state index is 13.2. The van der Waals surface area contributed by atoms with E-state index >= 15 is 0 Å². The Hall–Kier alpha value is -2.54. The summed E-state index contributed by atoms with van der Waals surface area (Å²) in [7, 11) is 1.80. The van der Waals surface area contributed by atoms with Gasteiger partial charge in [0.25, 0.3) is 5.91 Å². The molecule has 26 heavy (non-hydrogen) atoms. The molecule has 1 aliphatic heterocycles. The first-order chi connectivity index (χ1) is 12.7. The molecule has 3 aromatic rings. The molecule has 1 unspecified atom stereocenters. The summed E-state index contributed by atoms with van der Waals surface area (Å²) >= 11 is 1.71. The second kappa shape index (κ2) is 7.37. The predicted molar refractivity (Wildman–Crippen MR) is 103 cm³/mol. The molecule has 0 spiro atoms. The number of hydrogen-bond acceptors (Lipinski definition) is 5. The van der Waals surface area contributed by atoms with Crippen LogP contribution in [0.4, 0.5) is 0 Å². The van der Waals surface area contributed by atoms with Crippen LogP contribution in [0.25, 0.3) is 17.2 Å². The van der Waals surface area contributed by atoms with Gasteiger partial charge in [-0.1, -0.05) is 30.2 Å². The molecule has 4 heterocycles. The Kier molecular flexibility index (Phi) is 4.79. The number of thiophene rings is 1. The highest BCUT2D eigenvalue weighted by Gasteiger charge is 2.25. The van der Waals surface area contributed by atoms with Gasteiger partial charge >= 0.3 is 0 Å².